The van der Waals surface area contributed by atoms with Gasteiger partial charge in [-0.05, 0) is 29.5 Å². The van der Waals surface area contributed by atoms with E-state index in [-0.39, 0.29) is 22.2 Å². The zero-order chi connectivity index (χ0) is 19.0. The van der Waals surface area contributed by atoms with E-state index in [1.54, 1.807) is 11.6 Å². The molecule has 142 valence electrons. The Morgan fingerprint density at radius 2 is 1.81 bits per heavy atom. The molecule has 0 saturated carbocycles. The van der Waals surface area contributed by atoms with E-state index < -0.39 is 10.0 Å². The third kappa shape index (κ3) is 3.26. The predicted molar refractivity (Wildman–Crippen MR) is 99.8 cm³/mol. The molecule has 0 aliphatic carbocycles. The van der Waals surface area contributed by atoms with Gasteiger partial charge in [-0.15, -0.1) is 0 Å². The van der Waals surface area contributed by atoms with Crippen LogP contribution in [-0.2, 0) is 10.0 Å². The summed E-state index contributed by atoms with van der Waals surface area (Å²) in [5.41, 5.74) is 1.21. The van der Waals surface area contributed by atoms with Crippen LogP contribution in [0.3, 0.4) is 0 Å². The van der Waals surface area contributed by atoms with Crippen molar-refractivity contribution < 1.29 is 8.42 Å². The molecule has 12 heteroatoms. The Morgan fingerprint density at radius 1 is 1.11 bits per heavy atom. The van der Waals surface area contributed by atoms with Crippen LogP contribution in [0.25, 0.3) is 5.69 Å². The third-order valence-corrected chi connectivity index (χ3v) is 7.81. The summed E-state index contributed by atoms with van der Waals surface area (Å²) in [5, 5.41) is 11.9. The Kier molecular flexibility index (Phi) is 4.53. The summed E-state index contributed by atoms with van der Waals surface area (Å²) in [6, 6.07) is 9.51. The van der Waals surface area contributed by atoms with Gasteiger partial charge in [0.05, 0.1) is 5.69 Å². The van der Waals surface area contributed by atoms with E-state index in [9.17, 15) is 13.2 Å². The summed E-state index contributed by atoms with van der Waals surface area (Å²) in [5.74, 6) is 0.570. The number of piperazine rings is 1. The number of hydrogen-bond donors (Lipinski definition) is 1. The molecule has 1 saturated heterocycles. The lowest BCUT2D eigenvalue weighted by atomic mass is 10.3. The monoisotopic (exact) mass is 407 g/mol. The van der Waals surface area contributed by atoms with Crippen molar-refractivity contribution in [2.75, 3.05) is 31.1 Å². The van der Waals surface area contributed by atoms with Crippen LogP contribution in [0.4, 0.5) is 5.95 Å². The third-order valence-electron chi connectivity index (χ3n) is 4.33. The molecule has 3 heterocycles. The normalized spacial score (nSPS) is 16.0. The highest BCUT2D eigenvalue weighted by atomic mass is 32.2. The molecule has 1 fully saturated rings. The number of H-pyrrole nitrogens is 1. The number of rotatable bonds is 4. The van der Waals surface area contributed by atoms with E-state index in [2.05, 4.69) is 20.5 Å². The van der Waals surface area contributed by atoms with Gasteiger partial charge in [0, 0.05) is 31.9 Å². The molecule has 1 aliphatic rings. The first-order valence-corrected chi connectivity index (χ1v) is 10.5. The topological polar surface area (TPSA) is 117 Å². The van der Waals surface area contributed by atoms with Crippen LogP contribution >= 0.6 is 11.3 Å². The maximum absolute atomic E-state index is 12.8. The van der Waals surface area contributed by atoms with Gasteiger partial charge in [-0.25, -0.2) is 8.42 Å². The van der Waals surface area contributed by atoms with Crippen LogP contribution in [0.5, 0.6) is 0 Å². The zero-order valence-corrected chi connectivity index (χ0v) is 16.1. The Balaban J connectivity index is 1.53. The largest absolute Gasteiger partial charge is 0.337 e. The molecule has 0 radical (unpaired) electrons. The number of benzene rings is 1. The van der Waals surface area contributed by atoms with Gasteiger partial charge in [-0.3, -0.25) is 4.79 Å². The summed E-state index contributed by atoms with van der Waals surface area (Å²) in [6.07, 6.45) is 0. The van der Waals surface area contributed by atoms with Crippen molar-refractivity contribution in [2.24, 2.45) is 0 Å². The molecule has 3 aromatic rings. The van der Waals surface area contributed by atoms with Gasteiger partial charge in [0.25, 0.3) is 10.0 Å². The Labute approximate surface area is 159 Å². The smallest absolute Gasteiger partial charge is 0.305 e. The van der Waals surface area contributed by atoms with Crippen molar-refractivity contribution in [1.82, 2.24) is 29.5 Å². The second-order valence-electron chi connectivity index (χ2n) is 6.04. The Bertz CT molecular complexity index is 1100. The van der Waals surface area contributed by atoms with Crippen molar-refractivity contribution in [3.8, 4) is 5.69 Å². The molecule has 0 bridgehead atoms. The number of hydrogen-bond acceptors (Lipinski definition) is 8. The van der Waals surface area contributed by atoms with Crippen LogP contribution in [0.15, 0.2) is 39.3 Å². The number of nitrogens with zero attached hydrogens (tertiary/aromatic N) is 6. The van der Waals surface area contributed by atoms with E-state index in [1.807, 2.05) is 35.2 Å². The summed E-state index contributed by atoms with van der Waals surface area (Å²) in [7, 11) is -3.69. The van der Waals surface area contributed by atoms with Crippen LogP contribution in [-0.4, -0.2) is 64.1 Å². The summed E-state index contributed by atoms with van der Waals surface area (Å²) in [4.78, 5) is 15.6. The van der Waals surface area contributed by atoms with Gasteiger partial charge in [0.15, 0.2) is 4.21 Å². The van der Waals surface area contributed by atoms with E-state index in [0.717, 1.165) is 17.0 Å². The molecule has 10 nitrogen and oxygen atoms in total. The molecule has 2 aromatic heterocycles. The fourth-order valence-corrected chi connectivity index (χ4v) is 5.86. The minimum absolute atomic E-state index is 0.0788. The minimum atomic E-state index is -3.69. The maximum Gasteiger partial charge on any atom is 0.305 e. The molecule has 0 amide bonds. The summed E-state index contributed by atoms with van der Waals surface area (Å²) in [6.45, 7) is 3.07. The Morgan fingerprint density at radius 3 is 2.44 bits per heavy atom. The maximum atomic E-state index is 12.8. The highest BCUT2D eigenvalue weighted by Gasteiger charge is 2.32. The van der Waals surface area contributed by atoms with E-state index in [0.29, 0.717) is 24.7 Å². The van der Waals surface area contributed by atoms with Crippen molar-refractivity contribution in [3.63, 3.8) is 0 Å². The molecule has 0 unspecified atom stereocenters. The molecule has 0 spiro atoms. The molecule has 0 atom stereocenters. The lowest BCUT2D eigenvalue weighted by Crippen LogP contribution is -2.49. The SMILES string of the molecule is Cc1[nH]c(=O)sc1S(=O)(=O)N1CCN(c2nnnn2-c2ccccc2)CC1. The molecule has 4 rings (SSSR count). The second kappa shape index (κ2) is 6.87. The second-order valence-corrected chi connectivity index (χ2v) is 9.16. The highest BCUT2D eigenvalue weighted by Crippen LogP contribution is 2.24. The van der Waals surface area contributed by atoms with Gasteiger partial charge < -0.3 is 9.88 Å². The van der Waals surface area contributed by atoms with Crippen molar-refractivity contribution in [3.05, 3.63) is 45.7 Å². The predicted octanol–water partition coefficient (Wildman–Crippen LogP) is 0.231. The molecule has 27 heavy (non-hydrogen) atoms. The lowest BCUT2D eigenvalue weighted by molar-refractivity contribution is 0.382. The van der Waals surface area contributed by atoms with E-state index >= 15 is 0 Å². The fraction of sp³-hybridized carbons (Fsp3) is 0.333. The number of aromatic nitrogens is 5. The van der Waals surface area contributed by atoms with Crippen molar-refractivity contribution in [1.29, 1.82) is 0 Å². The first-order chi connectivity index (χ1) is 13.0. The van der Waals surface area contributed by atoms with Gasteiger partial charge in [0.2, 0.25) is 5.95 Å². The summed E-state index contributed by atoms with van der Waals surface area (Å²) >= 11 is 0.722. The number of sulfonamides is 1. The average Bonchev–Trinajstić information content (AvgIpc) is 3.29. The van der Waals surface area contributed by atoms with Crippen LogP contribution < -0.4 is 9.77 Å². The number of anilines is 1. The number of aryl methyl sites for hydroxylation is 1. The van der Waals surface area contributed by atoms with Crippen LogP contribution in [0.2, 0.25) is 0 Å². The Hall–Kier alpha value is -2.57. The summed E-state index contributed by atoms with van der Waals surface area (Å²) < 4.78 is 28.7. The molecular formula is C15H17N7O3S2. The average molecular weight is 407 g/mol. The van der Waals surface area contributed by atoms with Crippen LogP contribution in [0, 0.1) is 6.92 Å². The van der Waals surface area contributed by atoms with Gasteiger partial charge in [-0.1, -0.05) is 34.6 Å². The standard InChI is InChI=1S/C15H17N7O3S2/c1-11-13(26-15(23)16-11)27(24,25)21-9-7-20(8-10-21)14-17-18-19-22(14)12-5-3-2-4-6-12/h2-6H,7-10H2,1H3,(H,16,23). The highest BCUT2D eigenvalue weighted by molar-refractivity contribution is 7.91. The van der Waals surface area contributed by atoms with Crippen molar-refractivity contribution >= 4 is 27.3 Å². The quantitative estimate of drug-likeness (QED) is 0.658. The van der Waals surface area contributed by atoms with Gasteiger partial charge in [-0.2, -0.15) is 8.99 Å². The number of aromatic amines is 1. The van der Waals surface area contributed by atoms with Gasteiger partial charge in [0.1, 0.15) is 0 Å². The number of tetrazole rings is 1. The lowest BCUT2D eigenvalue weighted by Gasteiger charge is -2.33. The first-order valence-electron chi connectivity index (χ1n) is 8.25. The van der Waals surface area contributed by atoms with E-state index in [4.69, 9.17) is 0 Å². The minimum Gasteiger partial charge on any atom is -0.337 e. The molecular weight excluding hydrogens is 390 g/mol. The molecule has 1 N–H and O–H groups in total. The number of nitrogens with one attached hydrogen (secondary N) is 1. The first kappa shape index (κ1) is 17.8. The van der Waals surface area contributed by atoms with Gasteiger partial charge >= 0.3 is 4.87 Å². The fourth-order valence-electron chi connectivity index (χ4n) is 3.00. The molecule has 1 aliphatic heterocycles. The van der Waals surface area contributed by atoms with Crippen LogP contribution in [0.1, 0.15) is 5.69 Å². The zero-order valence-electron chi connectivity index (χ0n) is 14.4. The number of thiazole rings is 1. The van der Waals surface area contributed by atoms with E-state index in [1.165, 1.54) is 4.31 Å². The molecule has 1 aromatic carbocycles. The number of para-hydroxylation sites is 1. The van der Waals surface area contributed by atoms with Crippen molar-refractivity contribution in [2.45, 2.75) is 11.1 Å².